The zero-order chi connectivity index (χ0) is 6.08. The average Bonchev–Trinajstić information content (AvgIpc) is 1.31. The number of hydrogen-bond acceptors (Lipinski definition) is 3. The highest BCUT2D eigenvalue weighted by molar-refractivity contribution is 8.59. The Morgan fingerprint density at radius 3 is 1.50 bits per heavy atom. The van der Waals surface area contributed by atoms with Crippen molar-refractivity contribution in [3.05, 3.63) is 0 Å². The lowest BCUT2D eigenvalue weighted by molar-refractivity contribution is 0.488. The zero-order valence-corrected chi connectivity index (χ0v) is 6.69. The minimum atomic E-state index is -4.71. The van der Waals surface area contributed by atoms with E-state index in [1.165, 1.54) is 0 Å². The van der Waals surface area contributed by atoms with Crippen molar-refractivity contribution in [1.82, 2.24) is 0 Å². The quantitative estimate of drug-likeness (QED) is 0.235. The fourth-order valence-corrected chi connectivity index (χ4v) is 0. The van der Waals surface area contributed by atoms with Gasteiger partial charge < -0.3 is 0 Å². The third-order valence-electron chi connectivity index (χ3n) is 0.180. The lowest BCUT2D eigenvalue weighted by Gasteiger charge is -1.80. The van der Waals surface area contributed by atoms with Crippen LogP contribution in [0.3, 0.4) is 0 Å². The predicted molar refractivity (Wildman–Crippen MR) is 33.4 cm³/mol. The minimum Gasteiger partial charge on any atom is -0.292 e. The Bertz CT molecular complexity index is 165. The van der Waals surface area contributed by atoms with E-state index >= 15 is 0 Å². The Balaban J connectivity index is 0. The third kappa shape index (κ3) is 4.61. The molecule has 0 bridgehead atoms. The summed E-state index contributed by atoms with van der Waals surface area (Å²) >= 11 is 0. The Morgan fingerprint density at radius 2 is 1.50 bits per heavy atom. The van der Waals surface area contributed by atoms with Crippen molar-refractivity contribution in [3.8, 4) is 0 Å². The lowest BCUT2D eigenvalue weighted by Crippen LogP contribution is -2.03. The molecule has 0 aromatic heterocycles. The standard InChI is InChI=1S/H2O5S2.H3P/c1-6(2)7(3,4)5;/h(H,1,2)(H,3,4,5);1H3. The molecule has 8 heteroatoms. The summed E-state index contributed by atoms with van der Waals surface area (Å²) in [5.74, 6) is 0. The molecule has 0 fully saturated rings. The van der Waals surface area contributed by atoms with E-state index in [0.717, 1.165) is 0 Å². The molecule has 0 aliphatic rings. The third-order valence-corrected chi connectivity index (χ3v) is 1.62. The fourth-order valence-electron chi connectivity index (χ4n) is 0. The smallest absolute Gasteiger partial charge is 0.292 e. The highest BCUT2D eigenvalue weighted by Gasteiger charge is 2.10. The molecule has 0 amide bonds. The lowest BCUT2D eigenvalue weighted by atomic mass is 15.9. The molecule has 5 nitrogen and oxygen atoms in total. The van der Waals surface area contributed by atoms with Crippen LogP contribution in [0.4, 0.5) is 0 Å². The highest BCUT2D eigenvalue weighted by atomic mass is 33.2. The second kappa shape index (κ2) is 3.47. The van der Waals surface area contributed by atoms with Gasteiger partial charge in [-0.1, -0.05) is 0 Å². The average molecular weight is 180 g/mol. The molecule has 0 heterocycles. The minimum absolute atomic E-state index is 0. The molecule has 2 unspecified atom stereocenters. The van der Waals surface area contributed by atoms with Gasteiger partial charge in [-0.15, -0.1) is 0 Å². The van der Waals surface area contributed by atoms with Crippen molar-refractivity contribution in [1.29, 1.82) is 0 Å². The second-order valence-corrected chi connectivity index (χ2v) is 4.05. The summed E-state index contributed by atoms with van der Waals surface area (Å²) in [5, 5.41) is 0. The van der Waals surface area contributed by atoms with Gasteiger partial charge in [0, 0.05) is 0 Å². The summed E-state index contributed by atoms with van der Waals surface area (Å²) in [5.41, 5.74) is 0. The first-order valence-electron chi connectivity index (χ1n) is 1.03. The first kappa shape index (κ1) is 11.3. The van der Waals surface area contributed by atoms with Gasteiger partial charge >= 0.3 is 19.3 Å². The van der Waals surface area contributed by atoms with Crippen molar-refractivity contribution in [2.45, 2.75) is 0 Å². The van der Waals surface area contributed by atoms with Crippen LogP contribution in [0.25, 0.3) is 0 Å². The monoisotopic (exact) mass is 180 g/mol. The molecule has 0 saturated carbocycles. The zero-order valence-electron chi connectivity index (χ0n) is 3.64. The second-order valence-electron chi connectivity index (χ2n) is 0.645. The van der Waals surface area contributed by atoms with E-state index in [2.05, 4.69) is 0 Å². The predicted octanol–water partition coefficient (Wildman–Crippen LogP) is -0.931. The van der Waals surface area contributed by atoms with Crippen LogP contribution >= 0.6 is 9.90 Å². The topological polar surface area (TPSA) is 91.7 Å². The summed E-state index contributed by atoms with van der Waals surface area (Å²) in [4.78, 5) is 0. The summed E-state index contributed by atoms with van der Waals surface area (Å²) in [6.07, 6.45) is 0. The van der Waals surface area contributed by atoms with E-state index < -0.39 is 19.3 Å². The van der Waals surface area contributed by atoms with Gasteiger partial charge in [-0.25, -0.2) is 4.21 Å². The van der Waals surface area contributed by atoms with Gasteiger partial charge in [0.1, 0.15) is 0 Å². The van der Waals surface area contributed by atoms with E-state index in [-0.39, 0.29) is 9.90 Å². The maximum Gasteiger partial charge on any atom is 0.373 e. The van der Waals surface area contributed by atoms with Crippen molar-refractivity contribution in [2.75, 3.05) is 0 Å². The van der Waals surface area contributed by atoms with Crippen LogP contribution in [-0.2, 0) is 19.3 Å². The van der Waals surface area contributed by atoms with Gasteiger partial charge in [-0.3, -0.25) is 9.11 Å². The molecular formula is H5O5PS2. The molecular weight excluding hydrogens is 175 g/mol. The van der Waals surface area contributed by atoms with Gasteiger partial charge in [0.25, 0.3) is 0 Å². The Labute approximate surface area is 51.5 Å². The first-order chi connectivity index (χ1) is 2.94. The molecule has 52 valence electrons. The van der Waals surface area contributed by atoms with Crippen LogP contribution in [0.1, 0.15) is 0 Å². The van der Waals surface area contributed by atoms with Crippen LogP contribution < -0.4 is 0 Å². The van der Waals surface area contributed by atoms with Crippen molar-refractivity contribution < 1.29 is 21.7 Å². The molecule has 8 heavy (non-hydrogen) atoms. The van der Waals surface area contributed by atoms with Crippen LogP contribution in [0.5, 0.6) is 0 Å². The van der Waals surface area contributed by atoms with Gasteiger partial charge in [0.15, 0.2) is 0 Å². The molecule has 2 atom stereocenters. The molecule has 0 aliphatic heterocycles. The van der Waals surface area contributed by atoms with Gasteiger partial charge in [-0.2, -0.15) is 18.3 Å². The number of hydrogen-bond donors (Lipinski definition) is 2. The molecule has 0 rings (SSSR count). The number of rotatable bonds is 1. The first-order valence-corrected chi connectivity index (χ1v) is 4.10. The summed E-state index contributed by atoms with van der Waals surface area (Å²) in [7, 11) is -7.87. The van der Waals surface area contributed by atoms with E-state index in [1.54, 1.807) is 0 Å². The van der Waals surface area contributed by atoms with E-state index in [0.29, 0.717) is 0 Å². The van der Waals surface area contributed by atoms with Crippen LogP contribution in [-0.4, -0.2) is 21.7 Å². The van der Waals surface area contributed by atoms with E-state index in [4.69, 9.17) is 9.11 Å². The fraction of sp³-hybridized carbons (Fsp3) is 0. The maximum atomic E-state index is 9.34. The molecule has 0 radical (unpaired) electrons. The molecule has 0 aromatic rings. The Morgan fingerprint density at radius 1 is 1.38 bits per heavy atom. The van der Waals surface area contributed by atoms with Crippen LogP contribution in [0.2, 0.25) is 0 Å². The normalized spacial score (nSPS) is 14.2. The molecule has 0 saturated heterocycles. The molecule has 0 spiro atoms. The van der Waals surface area contributed by atoms with Crippen LogP contribution in [0.15, 0.2) is 0 Å². The molecule has 0 aliphatic carbocycles. The van der Waals surface area contributed by atoms with Crippen molar-refractivity contribution in [2.24, 2.45) is 0 Å². The van der Waals surface area contributed by atoms with E-state index in [9.17, 15) is 12.6 Å². The SMILES string of the molecule is O=S(O)S(=O)(=O)O.P. The largest absolute Gasteiger partial charge is 0.373 e. The molecule has 2 N–H and O–H groups in total. The van der Waals surface area contributed by atoms with Gasteiger partial charge in [0.2, 0.25) is 0 Å². The summed E-state index contributed by atoms with van der Waals surface area (Å²) in [6, 6.07) is 0. The van der Waals surface area contributed by atoms with Gasteiger partial charge in [-0.05, 0) is 0 Å². The Kier molecular flexibility index (Phi) is 4.89. The van der Waals surface area contributed by atoms with Crippen LogP contribution in [0, 0.1) is 0 Å². The van der Waals surface area contributed by atoms with Crippen molar-refractivity contribution >= 4 is 29.2 Å². The summed E-state index contributed by atoms with van der Waals surface area (Å²) < 4.78 is 43.0. The maximum absolute atomic E-state index is 9.34. The molecule has 0 aromatic carbocycles. The highest BCUT2D eigenvalue weighted by Crippen LogP contribution is 1.83. The Hall–Kier alpha value is 0.450. The van der Waals surface area contributed by atoms with Gasteiger partial charge in [0.05, 0.1) is 0 Å². The summed E-state index contributed by atoms with van der Waals surface area (Å²) in [6.45, 7) is 0. The van der Waals surface area contributed by atoms with Crippen molar-refractivity contribution in [3.63, 3.8) is 0 Å². The van der Waals surface area contributed by atoms with E-state index in [1.807, 2.05) is 0 Å².